The average Bonchev–Trinajstić information content (AvgIpc) is 2.58. The van der Waals surface area contributed by atoms with Gasteiger partial charge in [0.15, 0.2) is 0 Å². The second kappa shape index (κ2) is 4.13. The fourth-order valence-electron chi connectivity index (χ4n) is 2.11. The van der Waals surface area contributed by atoms with Crippen molar-refractivity contribution >= 4 is 0 Å². The lowest BCUT2D eigenvalue weighted by atomic mass is 9.77. The first-order valence-electron chi connectivity index (χ1n) is 5.59. The first-order chi connectivity index (χ1) is 6.83. The lowest BCUT2D eigenvalue weighted by Gasteiger charge is -2.35. The Balaban J connectivity index is 1.86. The van der Waals surface area contributed by atoms with Crippen LogP contribution in [0.3, 0.4) is 0 Å². The van der Waals surface area contributed by atoms with Crippen molar-refractivity contribution in [3.63, 3.8) is 0 Å². The second-order valence-corrected chi connectivity index (χ2v) is 4.05. The molecule has 0 aromatic carbocycles. The molecule has 0 radical (unpaired) electrons. The molecule has 1 saturated carbocycles. The van der Waals surface area contributed by atoms with Crippen LogP contribution in [0.4, 0.5) is 0 Å². The van der Waals surface area contributed by atoms with Crippen molar-refractivity contribution < 1.29 is 0 Å². The summed E-state index contributed by atoms with van der Waals surface area (Å²) in [7, 11) is 0. The minimum atomic E-state index is 0.745. The zero-order valence-corrected chi connectivity index (χ0v) is 9.03. The number of rotatable bonds is 4. The van der Waals surface area contributed by atoms with Crippen LogP contribution < -0.4 is 5.32 Å². The van der Waals surface area contributed by atoms with Crippen molar-refractivity contribution in [2.24, 2.45) is 0 Å². The molecule has 1 aliphatic carbocycles. The van der Waals surface area contributed by atoms with Crippen LogP contribution in [0.2, 0.25) is 0 Å². The van der Waals surface area contributed by atoms with Crippen LogP contribution in [0.1, 0.15) is 38.2 Å². The maximum atomic E-state index is 4.30. The van der Waals surface area contributed by atoms with Gasteiger partial charge >= 0.3 is 0 Å². The summed E-state index contributed by atoms with van der Waals surface area (Å²) < 4.78 is 2.01. The smallest absolute Gasteiger partial charge is 0.0524 e. The number of nitrogens with one attached hydrogen (secondary N) is 1. The summed E-state index contributed by atoms with van der Waals surface area (Å²) in [6, 6.07) is 0.745. The Morgan fingerprint density at radius 3 is 2.86 bits per heavy atom. The zero-order valence-electron chi connectivity index (χ0n) is 9.03. The zero-order chi connectivity index (χ0) is 9.97. The number of aryl methyl sites for hydroxylation is 1. The molecule has 0 aliphatic heterocycles. The number of hydrogen-bond donors (Lipinski definition) is 1. The van der Waals surface area contributed by atoms with Crippen LogP contribution in [0.15, 0.2) is 12.4 Å². The highest BCUT2D eigenvalue weighted by Gasteiger charge is 2.30. The van der Waals surface area contributed by atoms with Gasteiger partial charge in [-0.25, -0.2) is 0 Å². The third kappa shape index (κ3) is 1.82. The van der Waals surface area contributed by atoms with E-state index in [0.29, 0.717) is 0 Å². The van der Waals surface area contributed by atoms with Gasteiger partial charge in [-0.1, -0.05) is 6.92 Å². The molecule has 1 aromatic rings. The summed E-state index contributed by atoms with van der Waals surface area (Å²) in [6.45, 7) is 6.36. The van der Waals surface area contributed by atoms with Gasteiger partial charge in [-0.05, 0) is 37.8 Å². The molecule has 3 nitrogen and oxygen atoms in total. The minimum absolute atomic E-state index is 0.745. The van der Waals surface area contributed by atoms with E-state index < -0.39 is 0 Å². The molecule has 1 N–H and O–H groups in total. The maximum Gasteiger partial charge on any atom is 0.0524 e. The second-order valence-electron chi connectivity index (χ2n) is 4.05. The molecule has 1 heterocycles. The Kier molecular flexibility index (Phi) is 2.87. The largest absolute Gasteiger partial charge is 0.314 e. The monoisotopic (exact) mass is 193 g/mol. The van der Waals surface area contributed by atoms with E-state index >= 15 is 0 Å². The van der Waals surface area contributed by atoms with Gasteiger partial charge in [0.2, 0.25) is 0 Å². The van der Waals surface area contributed by atoms with Gasteiger partial charge in [-0.3, -0.25) is 4.68 Å². The fourth-order valence-corrected chi connectivity index (χ4v) is 2.11. The Morgan fingerprint density at radius 2 is 2.29 bits per heavy atom. The van der Waals surface area contributed by atoms with Crippen LogP contribution in [0, 0.1) is 0 Å². The Hall–Kier alpha value is -0.830. The van der Waals surface area contributed by atoms with Crippen molar-refractivity contribution in [3.8, 4) is 0 Å². The van der Waals surface area contributed by atoms with E-state index in [1.807, 2.05) is 10.9 Å². The highest BCUT2D eigenvalue weighted by Crippen LogP contribution is 2.36. The third-order valence-electron chi connectivity index (χ3n) is 3.08. The van der Waals surface area contributed by atoms with Crippen molar-refractivity contribution in [2.45, 2.75) is 45.2 Å². The molecular weight excluding hydrogens is 174 g/mol. The van der Waals surface area contributed by atoms with Crippen molar-refractivity contribution in [1.29, 1.82) is 0 Å². The molecule has 78 valence electrons. The molecule has 0 saturated heterocycles. The van der Waals surface area contributed by atoms with Gasteiger partial charge < -0.3 is 5.32 Å². The summed E-state index contributed by atoms with van der Waals surface area (Å²) in [5.41, 5.74) is 1.42. The molecule has 1 aromatic heterocycles. The molecule has 3 heteroatoms. The minimum Gasteiger partial charge on any atom is -0.314 e. The van der Waals surface area contributed by atoms with Crippen LogP contribution >= 0.6 is 0 Å². The fraction of sp³-hybridized carbons (Fsp3) is 0.727. The van der Waals surface area contributed by atoms with Crippen LogP contribution in [0.25, 0.3) is 0 Å². The first-order valence-corrected chi connectivity index (χ1v) is 5.59. The normalized spacial score (nSPS) is 26.1. The molecule has 0 bridgehead atoms. The van der Waals surface area contributed by atoms with Gasteiger partial charge in [-0.15, -0.1) is 0 Å². The summed E-state index contributed by atoms with van der Waals surface area (Å²) >= 11 is 0. The van der Waals surface area contributed by atoms with Gasteiger partial charge in [-0.2, -0.15) is 5.10 Å². The van der Waals surface area contributed by atoms with E-state index in [9.17, 15) is 0 Å². The molecule has 0 amide bonds. The van der Waals surface area contributed by atoms with Gasteiger partial charge in [0.05, 0.1) is 6.20 Å². The summed E-state index contributed by atoms with van der Waals surface area (Å²) in [5, 5.41) is 7.78. The SMILES string of the molecule is CCNC1CC(c2cnn(CC)c2)C1. The van der Waals surface area contributed by atoms with Crippen molar-refractivity contribution in [1.82, 2.24) is 15.1 Å². The summed E-state index contributed by atoms with van der Waals surface area (Å²) in [5.74, 6) is 0.749. The summed E-state index contributed by atoms with van der Waals surface area (Å²) in [6.07, 6.45) is 6.77. The van der Waals surface area contributed by atoms with E-state index in [1.165, 1.54) is 18.4 Å². The molecule has 2 rings (SSSR count). The van der Waals surface area contributed by atoms with Gasteiger partial charge in [0.25, 0.3) is 0 Å². The van der Waals surface area contributed by atoms with Gasteiger partial charge in [0, 0.05) is 18.8 Å². The van der Waals surface area contributed by atoms with E-state index in [2.05, 4.69) is 30.5 Å². The van der Waals surface area contributed by atoms with E-state index in [4.69, 9.17) is 0 Å². The molecule has 14 heavy (non-hydrogen) atoms. The van der Waals surface area contributed by atoms with Crippen LogP contribution in [0.5, 0.6) is 0 Å². The van der Waals surface area contributed by atoms with E-state index in [1.54, 1.807) is 0 Å². The quantitative estimate of drug-likeness (QED) is 0.789. The van der Waals surface area contributed by atoms with E-state index in [-0.39, 0.29) is 0 Å². The van der Waals surface area contributed by atoms with Crippen LogP contribution in [-0.4, -0.2) is 22.4 Å². The molecule has 0 spiro atoms. The van der Waals surface area contributed by atoms with Crippen molar-refractivity contribution in [3.05, 3.63) is 18.0 Å². The maximum absolute atomic E-state index is 4.30. The Bertz CT molecular complexity index is 286. The number of nitrogens with zero attached hydrogens (tertiary/aromatic N) is 2. The lowest BCUT2D eigenvalue weighted by molar-refractivity contribution is 0.296. The summed E-state index contributed by atoms with van der Waals surface area (Å²) in [4.78, 5) is 0. The third-order valence-corrected chi connectivity index (χ3v) is 3.08. The topological polar surface area (TPSA) is 29.9 Å². The standard InChI is InChI=1S/C11H19N3/c1-3-12-11-5-9(6-11)10-7-13-14(4-2)8-10/h7-9,11-12H,3-6H2,1-2H3. The average molecular weight is 193 g/mol. The van der Waals surface area contributed by atoms with Crippen LogP contribution in [-0.2, 0) is 6.54 Å². The highest BCUT2D eigenvalue weighted by atomic mass is 15.3. The Labute approximate surface area is 85.5 Å². The highest BCUT2D eigenvalue weighted by molar-refractivity contribution is 5.16. The lowest BCUT2D eigenvalue weighted by Crippen LogP contribution is -2.39. The predicted molar refractivity (Wildman–Crippen MR) is 57.3 cm³/mol. The van der Waals surface area contributed by atoms with E-state index in [0.717, 1.165) is 25.0 Å². The van der Waals surface area contributed by atoms with Gasteiger partial charge in [0.1, 0.15) is 0 Å². The molecule has 0 atom stereocenters. The number of hydrogen-bond acceptors (Lipinski definition) is 2. The van der Waals surface area contributed by atoms with Crippen molar-refractivity contribution in [2.75, 3.05) is 6.54 Å². The first kappa shape index (κ1) is 9.71. The molecule has 1 fully saturated rings. The molecule has 1 aliphatic rings. The number of aromatic nitrogens is 2. The predicted octanol–water partition coefficient (Wildman–Crippen LogP) is 1.76. The Morgan fingerprint density at radius 1 is 1.50 bits per heavy atom. The molecule has 0 unspecified atom stereocenters. The molecular formula is C11H19N3.